The molecule has 0 fully saturated rings. The van der Waals surface area contributed by atoms with Crippen LogP contribution in [0.5, 0.6) is 0 Å². The second-order valence-electron chi connectivity index (χ2n) is 5.83. The second-order valence-corrected chi connectivity index (χ2v) is 7.70. The van der Waals surface area contributed by atoms with Crippen LogP contribution < -0.4 is 5.32 Å². The van der Waals surface area contributed by atoms with Gasteiger partial charge in [0.05, 0.1) is 6.04 Å². The molecule has 0 radical (unpaired) electrons. The van der Waals surface area contributed by atoms with Gasteiger partial charge < -0.3 is 5.32 Å². The van der Waals surface area contributed by atoms with Crippen molar-refractivity contribution >= 4 is 28.3 Å². The summed E-state index contributed by atoms with van der Waals surface area (Å²) in [5.74, 6) is 0.368. The van der Waals surface area contributed by atoms with Crippen molar-refractivity contribution in [2.45, 2.75) is 24.6 Å². The number of carbonyl (C=O) groups excluding carboxylic acids is 1. The van der Waals surface area contributed by atoms with Gasteiger partial charge in [0.2, 0.25) is 0 Å². The summed E-state index contributed by atoms with van der Waals surface area (Å²) in [6.07, 6.45) is 3.48. The van der Waals surface area contributed by atoms with Gasteiger partial charge in [-0.15, -0.1) is 0 Å². The number of aryl methyl sites for hydroxylation is 1. The highest BCUT2D eigenvalue weighted by atomic mass is 35.5. The van der Waals surface area contributed by atoms with Crippen LogP contribution in [0.1, 0.15) is 39.5 Å². The predicted molar refractivity (Wildman–Crippen MR) is 94.2 cm³/mol. The van der Waals surface area contributed by atoms with Crippen LogP contribution in [0.2, 0.25) is 5.02 Å². The van der Waals surface area contributed by atoms with Gasteiger partial charge in [-0.05, 0) is 53.8 Å². The lowest BCUT2D eigenvalue weighted by Gasteiger charge is -2.14. The summed E-state index contributed by atoms with van der Waals surface area (Å²) in [7, 11) is -0.918. The van der Waals surface area contributed by atoms with Crippen LogP contribution in [0.4, 0.5) is 0 Å². The molecule has 120 valence electrons. The van der Waals surface area contributed by atoms with Crippen LogP contribution in [0.15, 0.2) is 42.5 Å². The average molecular weight is 348 g/mol. The van der Waals surface area contributed by atoms with E-state index in [1.54, 1.807) is 12.3 Å². The van der Waals surface area contributed by atoms with E-state index in [9.17, 15) is 9.00 Å². The number of rotatable bonds is 4. The number of amides is 1. The lowest BCUT2D eigenvalue weighted by atomic mass is 10.1. The number of halogens is 1. The molecule has 1 aliphatic rings. The minimum absolute atomic E-state index is 0.0266. The van der Waals surface area contributed by atoms with Gasteiger partial charge in [-0.25, -0.2) is 0 Å². The maximum absolute atomic E-state index is 12.5. The lowest BCUT2D eigenvalue weighted by molar-refractivity contribution is 0.0936. The fourth-order valence-electron chi connectivity index (χ4n) is 3.01. The number of nitrogens with one attached hydrogen (secondary N) is 1. The molecule has 1 N–H and O–H groups in total. The first-order chi connectivity index (χ1) is 11.0. The van der Waals surface area contributed by atoms with Gasteiger partial charge in [0.25, 0.3) is 5.91 Å². The van der Waals surface area contributed by atoms with Gasteiger partial charge in [0.1, 0.15) is 0 Å². The highest BCUT2D eigenvalue weighted by Crippen LogP contribution is 2.33. The second kappa shape index (κ2) is 6.85. The third-order valence-electron chi connectivity index (χ3n) is 4.05. The fraction of sp³-hybridized carbons (Fsp3) is 0.278. The molecule has 23 heavy (non-hydrogen) atoms. The van der Waals surface area contributed by atoms with Crippen molar-refractivity contribution in [1.82, 2.24) is 5.32 Å². The zero-order chi connectivity index (χ0) is 16.4. The summed E-state index contributed by atoms with van der Waals surface area (Å²) in [4.78, 5) is 12.5. The summed E-state index contributed by atoms with van der Waals surface area (Å²) in [5.41, 5.74) is 3.87. The first-order valence-electron chi connectivity index (χ1n) is 7.51. The summed E-state index contributed by atoms with van der Waals surface area (Å²) < 4.78 is 11.3. The molecule has 1 aliphatic carbocycles. The molecule has 0 saturated heterocycles. The Morgan fingerprint density at radius 3 is 2.91 bits per heavy atom. The largest absolute Gasteiger partial charge is 0.345 e. The number of hydrogen-bond donors (Lipinski definition) is 1. The van der Waals surface area contributed by atoms with Crippen LogP contribution >= 0.6 is 11.6 Å². The Balaban J connectivity index is 1.75. The Kier molecular flexibility index (Phi) is 4.83. The van der Waals surface area contributed by atoms with Gasteiger partial charge in [0.15, 0.2) is 0 Å². The molecule has 5 heteroatoms. The lowest BCUT2D eigenvalue weighted by Crippen LogP contribution is -2.27. The van der Waals surface area contributed by atoms with Gasteiger partial charge >= 0.3 is 0 Å². The van der Waals surface area contributed by atoms with E-state index >= 15 is 0 Å². The third-order valence-corrected chi connectivity index (χ3v) is 5.02. The van der Waals surface area contributed by atoms with Crippen molar-refractivity contribution in [2.75, 3.05) is 6.26 Å². The van der Waals surface area contributed by atoms with E-state index in [1.165, 1.54) is 5.56 Å². The molecule has 2 aromatic carbocycles. The maximum atomic E-state index is 12.5. The molecule has 2 atom stereocenters. The van der Waals surface area contributed by atoms with Crippen LogP contribution in [0.3, 0.4) is 0 Å². The molecule has 0 aliphatic heterocycles. The quantitative estimate of drug-likeness (QED) is 0.917. The van der Waals surface area contributed by atoms with Crippen molar-refractivity contribution < 1.29 is 9.00 Å². The van der Waals surface area contributed by atoms with Crippen LogP contribution in [-0.2, 0) is 23.0 Å². The highest BCUT2D eigenvalue weighted by Gasteiger charge is 2.24. The number of carbonyl (C=O) groups is 1. The molecular weight excluding hydrogens is 330 g/mol. The first-order valence-corrected chi connectivity index (χ1v) is 9.61. The molecule has 1 amide bonds. The van der Waals surface area contributed by atoms with E-state index in [1.807, 2.05) is 36.4 Å². The normalized spacial score (nSPS) is 17.6. The minimum Gasteiger partial charge on any atom is -0.345 e. The average Bonchev–Trinajstić information content (AvgIpc) is 2.89. The van der Waals surface area contributed by atoms with E-state index in [4.69, 9.17) is 11.6 Å². The fourth-order valence-corrected chi connectivity index (χ4v) is 3.86. The van der Waals surface area contributed by atoms with Crippen LogP contribution in [0, 0.1) is 0 Å². The number of fused-ring (bicyclic) bond motifs is 1. The Bertz CT molecular complexity index is 775. The topological polar surface area (TPSA) is 46.2 Å². The Labute approximate surface area is 143 Å². The van der Waals surface area contributed by atoms with Gasteiger partial charge in [-0.1, -0.05) is 29.8 Å². The van der Waals surface area contributed by atoms with E-state index in [-0.39, 0.29) is 11.9 Å². The van der Waals surface area contributed by atoms with Gasteiger partial charge in [0, 0.05) is 33.4 Å². The Hall–Kier alpha value is -1.65. The molecule has 3 rings (SSSR count). The molecule has 0 heterocycles. The molecule has 0 saturated carbocycles. The molecular formula is C18H18ClNO2S. The van der Waals surface area contributed by atoms with E-state index in [0.717, 1.165) is 29.0 Å². The van der Waals surface area contributed by atoms with E-state index < -0.39 is 10.8 Å². The summed E-state index contributed by atoms with van der Waals surface area (Å²) in [5, 5.41) is 3.83. The maximum Gasteiger partial charge on any atom is 0.251 e. The van der Waals surface area contributed by atoms with Crippen LogP contribution in [-0.4, -0.2) is 16.4 Å². The van der Waals surface area contributed by atoms with Crippen molar-refractivity contribution in [3.63, 3.8) is 0 Å². The molecule has 0 bridgehead atoms. The first kappa shape index (κ1) is 16.2. The standard InChI is InChI=1S/C18H18ClNO2S/c1-23(22)11-12-3-2-4-14(9-12)18(21)20-17-8-5-13-10-15(19)6-7-16(13)17/h2-4,6-7,9-10,17H,5,8,11H2,1H3,(H,20,21)/t17-,23-/m1/s1. The Morgan fingerprint density at radius 1 is 1.30 bits per heavy atom. The summed E-state index contributed by atoms with van der Waals surface area (Å²) in [6, 6.07) is 13.2. The van der Waals surface area contributed by atoms with Gasteiger partial charge in [-0.2, -0.15) is 0 Å². The van der Waals surface area contributed by atoms with Crippen molar-refractivity contribution in [1.29, 1.82) is 0 Å². The van der Waals surface area contributed by atoms with Crippen LogP contribution in [0.25, 0.3) is 0 Å². The smallest absolute Gasteiger partial charge is 0.251 e. The minimum atomic E-state index is -0.918. The number of benzene rings is 2. The van der Waals surface area contributed by atoms with Gasteiger partial charge in [-0.3, -0.25) is 9.00 Å². The summed E-state index contributed by atoms with van der Waals surface area (Å²) in [6.45, 7) is 0. The zero-order valence-corrected chi connectivity index (χ0v) is 14.4. The Morgan fingerprint density at radius 2 is 2.13 bits per heavy atom. The molecule has 3 nitrogen and oxygen atoms in total. The number of hydrogen-bond acceptors (Lipinski definition) is 2. The van der Waals surface area contributed by atoms with E-state index in [0.29, 0.717) is 11.3 Å². The van der Waals surface area contributed by atoms with Crippen molar-refractivity contribution in [2.24, 2.45) is 0 Å². The molecule has 2 aromatic rings. The molecule has 0 unspecified atom stereocenters. The summed E-state index contributed by atoms with van der Waals surface area (Å²) >= 11 is 6.02. The van der Waals surface area contributed by atoms with Crippen molar-refractivity contribution in [3.05, 3.63) is 69.7 Å². The highest BCUT2D eigenvalue weighted by molar-refractivity contribution is 7.83. The van der Waals surface area contributed by atoms with Crippen molar-refractivity contribution in [3.8, 4) is 0 Å². The monoisotopic (exact) mass is 347 g/mol. The third kappa shape index (κ3) is 3.82. The zero-order valence-electron chi connectivity index (χ0n) is 12.8. The predicted octanol–water partition coefficient (Wildman–Crippen LogP) is 3.64. The molecule has 0 aromatic heterocycles. The van der Waals surface area contributed by atoms with E-state index in [2.05, 4.69) is 5.32 Å². The SMILES string of the molecule is C[S@@](=O)Cc1cccc(C(=O)N[C@@H]2CCc3cc(Cl)ccc32)c1. The molecule has 0 spiro atoms.